The van der Waals surface area contributed by atoms with E-state index in [-0.39, 0.29) is 17.1 Å². The summed E-state index contributed by atoms with van der Waals surface area (Å²) in [6, 6.07) is 11.0. The maximum absolute atomic E-state index is 13.1. The van der Waals surface area contributed by atoms with Crippen LogP contribution in [-0.4, -0.2) is 68.3 Å². The summed E-state index contributed by atoms with van der Waals surface area (Å²) in [5.41, 5.74) is 2.24. The van der Waals surface area contributed by atoms with Gasteiger partial charge in [0.15, 0.2) is 5.76 Å². The number of amides is 1. The van der Waals surface area contributed by atoms with E-state index in [0.29, 0.717) is 35.6 Å². The number of Topliss-reactive ketones (excluding diaryl/α,β-unsaturated/α-hetero) is 1. The molecule has 0 aliphatic carbocycles. The molecule has 1 aliphatic rings. The number of imidazole rings is 1. The molecule has 0 bridgehead atoms. The third-order valence-electron chi connectivity index (χ3n) is 5.68. The second-order valence-electron chi connectivity index (χ2n) is 8.22. The number of aliphatic hydroxyl groups is 1. The van der Waals surface area contributed by atoms with Crippen molar-refractivity contribution in [2.45, 2.75) is 19.4 Å². The predicted molar refractivity (Wildman–Crippen MR) is 120 cm³/mol. The summed E-state index contributed by atoms with van der Waals surface area (Å²) in [4.78, 5) is 34.1. The van der Waals surface area contributed by atoms with Crippen LogP contribution in [0.3, 0.4) is 0 Å². The van der Waals surface area contributed by atoms with Gasteiger partial charge in [-0.25, -0.2) is 4.98 Å². The number of benzene rings is 1. The molecule has 1 fully saturated rings. The molecule has 1 atom stereocenters. The summed E-state index contributed by atoms with van der Waals surface area (Å²) in [5.74, 6) is -1.55. The molecule has 3 heterocycles. The molecule has 166 valence electrons. The van der Waals surface area contributed by atoms with Crippen LogP contribution in [0, 0.1) is 6.92 Å². The minimum atomic E-state index is -0.758. The summed E-state index contributed by atoms with van der Waals surface area (Å²) >= 11 is 0. The van der Waals surface area contributed by atoms with Crippen molar-refractivity contribution in [1.82, 2.24) is 19.2 Å². The number of fused-ring (bicyclic) bond motifs is 1. The molecule has 2 aromatic heterocycles. The van der Waals surface area contributed by atoms with Crippen LogP contribution in [0.4, 0.5) is 0 Å². The van der Waals surface area contributed by atoms with Gasteiger partial charge >= 0.3 is 0 Å². The predicted octanol–water partition coefficient (Wildman–Crippen LogP) is 2.72. The fourth-order valence-electron chi connectivity index (χ4n) is 4.20. The van der Waals surface area contributed by atoms with Crippen molar-refractivity contribution in [3.63, 3.8) is 0 Å². The maximum atomic E-state index is 13.1. The molecule has 0 saturated carbocycles. The minimum absolute atomic E-state index is 0.0271. The van der Waals surface area contributed by atoms with Crippen LogP contribution in [0.1, 0.15) is 29.4 Å². The Morgan fingerprint density at radius 3 is 2.53 bits per heavy atom. The molecule has 4 rings (SSSR count). The minimum Gasteiger partial charge on any atom is -0.508 e. The van der Waals surface area contributed by atoms with Crippen molar-refractivity contribution in [2.75, 3.05) is 27.2 Å². The monoisotopic (exact) mass is 434 g/mol. The molecular weight excluding hydrogens is 408 g/mol. The van der Waals surface area contributed by atoms with Gasteiger partial charge in [0.1, 0.15) is 17.1 Å². The number of carbonyl (C=O) groups is 2. The lowest BCUT2D eigenvalue weighted by molar-refractivity contribution is -0.139. The number of carbonyl (C=O) groups excluding carboxylic acids is 2. The first-order chi connectivity index (χ1) is 15.3. The van der Waals surface area contributed by atoms with E-state index in [1.54, 1.807) is 35.7 Å². The first-order valence-corrected chi connectivity index (χ1v) is 10.5. The van der Waals surface area contributed by atoms with E-state index in [0.717, 1.165) is 6.54 Å². The largest absolute Gasteiger partial charge is 0.508 e. The molecule has 0 radical (unpaired) electrons. The quantitative estimate of drug-likeness (QED) is 0.352. The SMILES string of the molecule is Cc1nc2ccccn2c1/C(O)=C1\C(=O)C(=O)N(CCCN(C)C)C1c1ccc(O)cc1. The average molecular weight is 434 g/mol. The Morgan fingerprint density at radius 2 is 1.84 bits per heavy atom. The van der Waals surface area contributed by atoms with Crippen LogP contribution >= 0.6 is 0 Å². The molecule has 1 saturated heterocycles. The molecule has 1 amide bonds. The summed E-state index contributed by atoms with van der Waals surface area (Å²) in [7, 11) is 3.89. The van der Waals surface area contributed by atoms with E-state index in [1.165, 1.54) is 17.0 Å². The number of hydrogen-bond acceptors (Lipinski definition) is 6. The zero-order chi connectivity index (χ0) is 23.0. The van der Waals surface area contributed by atoms with E-state index >= 15 is 0 Å². The molecule has 1 unspecified atom stereocenters. The Bertz CT molecular complexity index is 1210. The summed E-state index contributed by atoms with van der Waals surface area (Å²) in [5, 5.41) is 21.1. The van der Waals surface area contributed by atoms with Crippen molar-refractivity contribution < 1.29 is 19.8 Å². The highest BCUT2D eigenvalue weighted by molar-refractivity contribution is 6.46. The van der Waals surface area contributed by atoms with E-state index < -0.39 is 17.7 Å². The first-order valence-electron chi connectivity index (χ1n) is 10.5. The van der Waals surface area contributed by atoms with Gasteiger partial charge < -0.3 is 20.0 Å². The number of aromatic hydroxyl groups is 1. The number of ketones is 1. The Morgan fingerprint density at radius 1 is 1.12 bits per heavy atom. The highest BCUT2D eigenvalue weighted by Gasteiger charge is 2.46. The molecule has 8 heteroatoms. The van der Waals surface area contributed by atoms with Crippen LogP contribution in [0.5, 0.6) is 5.75 Å². The van der Waals surface area contributed by atoms with Gasteiger partial charge in [0.2, 0.25) is 0 Å². The van der Waals surface area contributed by atoms with Gasteiger partial charge in [0.05, 0.1) is 17.3 Å². The number of phenolic OH excluding ortho intramolecular Hbond substituents is 1. The Hall–Kier alpha value is -3.65. The molecule has 1 aliphatic heterocycles. The van der Waals surface area contributed by atoms with Crippen LogP contribution in [0.25, 0.3) is 11.4 Å². The number of nitrogens with zero attached hydrogens (tertiary/aromatic N) is 4. The number of rotatable bonds is 6. The first kappa shape index (κ1) is 21.6. The molecule has 1 aromatic carbocycles. The molecule has 2 N–H and O–H groups in total. The van der Waals surface area contributed by atoms with Crippen molar-refractivity contribution in [1.29, 1.82) is 0 Å². The molecule has 32 heavy (non-hydrogen) atoms. The molecule has 3 aromatic rings. The maximum Gasteiger partial charge on any atom is 0.295 e. The van der Waals surface area contributed by atoms with Crippen molar-refractivity contribution >= 4 is 23.1 Å². The fourth-order valence-corrected chi connectivity index (χ4v) is 4.20. The third kappa shape index (κ3) is 3.73. The normalized spacial score (nSPS) is 18.2. The highest BCUT2D eigenvalue weighted by atomic mass is 16.3. The van der Waals surface area contributed by atoms with Gasteiger partial charge in [-0.1, -0.05) is 18.2 Å². The number of aromatic nitrogens is 2. The zero-order valence-electron chi connectivity index (χ0n) is 18.3. The number of phenols is 1. The van der Waals surface area contributed by atoms with E-state index in [4.69, 9.17) is 0 Å². The number of aryl methyl sites for hydroxylation is 1. The average Bonchev–Trinajstić information content (AvgIpc) is 3.22. The van der Waals surface area contributed by atoms with Crippen LogP contribution in [-0.2, 0) is 9.59 Å². The Labute approximate surface area is 186 Å². The van der Waals surface area contributed by atoms with Crippen molar-refractivity contribution in [3.8, 4) is 5.75 Å². The summed E-state index contributed by atoms with van der Waals surface area (Å²) in [6.07, 6.45) is 2.43. The zero-order valence-corrected chi connectivity index (χ0v) is 18.3. The van der Waals surface area contributed by atoms with Crippen LogP contribution in [0.15, 0.2) is 54.2 Å². The second kappa shape index (κ2) is 8.47. The molecule has 0 spiro atoms. The fraction of sp³-hybridized carbons (Fsp3) is 0.292. The van der Waals surface area contributed by atoms with Gasteiger partial charge in [-0.3, -0.25) is 14.0 Å². The summed E-state index contributed by atoms with van der Waals surface area (Å²) in [6.45, 7) is 2.86. The Balaban J connectivity index is 1.87. The van der Waals surface area contributed by atoms with Gasteiger partial charge in [-0.2, -0.15) is 0 Å². The Kier molecular flexibility index (Phi) is 5.71. The lowest BCUT2D eigenvalue weighted by atomic mass is 9.96. The molecular formula is C24H26N4O4. The highest BCUT2D eigenvalue weighted by Crippen LogP contribution is 2.40. The number of aliphatic hydroxyl groups excluding tert-OH is 1. The van der Waals surface area contributed by atoms with Gasteiger partial charge in [0, 0.05) is 12.7 Å². The summed E-state index contributed by atoms with van der Waals surface area (Å²) < 4.78 is 1.71. The standard InChI is InChI=1S/C24H26N4O4/c1-15-20(27-13-5-4-7-18(27)25-15)22(30)19-21(16-8-10-17(29)11-9-16)28(24(32)23(19)31)14-6-12-26(2)3/h4-5,7-11,13,21,29-30H,6,12,14H2,1-3H3/b22-19+. The number of hydrogen-bond donors (Lipinski definition) is 2. The van der Waals surface area contributed by atoms with Crippen molar-refractivity contribution in [2.24, 2.45) is 0 Å². The van der Waals surface area contributed by atoms with Crippen molar-refractivity contribution in [3.05, 3.63) is 71.2 Å². The number of pyridine rings is 1. The van der Waals surface area contributed by atoms with Crippen LogP contribution in [0.2, 0.25) is 0 Å². The third-order valence-corrected chi connectivity index (χ3v) is 5.68. The lowest BCUT2D eigenvalue weighted by Crippen LogP contribution is -2.32. The topological polar surface area (TPSA) is 98.4 Å². The lowest BCUT2D eigenvalue weighted by Gasteiger charge is -2.26. The van der Waals surface area contributed by atoms with Gasteiger partial charge in [-0.05, 0) is 63.8 Å². The van der Waals surface area contributed by atoms with E-state index in [1.807, 2.05) is 31.1 Å². The second-order valence-corrected chi connectivity index (χ2v) is 8.22. The van der Waals surface area contributed by atoms with E-state index in [2.05, 4.69) is 4.98 Å². The number of likely N-dealkylation sites (tertiary alicyclic amines) is 1. The van der Waals surface area contributed by atoms with E-state index in [9.17, 15) is 19.8 Å². The van der Waals surface area contributed by atoms with Crippen LogP contribution < -0.4 is 0 Å². The smallest absolute Gasteiger partial charge is 0.295 e. The molecule has 8 nitrogen and oxygen atoms in total. The van der Waals surface area contributed by atoms with Gasteiger partial charge in [-0.15, -0.1) is 0 Å². The van der Waals surface area contributed by atoms with Gasteiger partial charge in [0.25, 0.3) is 11.7 Å².